The summed E-state index contributed by atoms with van der Waals surface area (Å²) in [4.78, 5) is 7.39. The fourth-order valence-corrected chi connectivity index (χ4v) is 7.42. The molecule has 0 saturated carbocycles. The smallest absolute Gasteiger partial charge is 0.227 e. The first kappa shape index (κ1) is 27.4. The maximum Gasteiger partial charge on any atom is 0.227 e. The SMILES string of the molecule is CC1(C)c2ccccc2-c2c(-c3ccc(N(c4ccccc4)c4cccc5ccc6oc(-c7ccccc7)nc6c45)cc3)cccc21. The molecular weight excluding hydrogens is 572 g/mol. The lowest BCUT2D eigenvalue weighted by molar-refractivity contribution is 0.620. The molecule has 0 saturated heterocycles. The van der Waals surface area contributed by atoms with Gasteiger partial charge in [-0.2, -0.15) is 0 Å². The van der Waals surface area contributed by atoms with Gasteiger partial charge in [-0.05, 0) is 87.3 Å². The maximum atomic E-state index is 6.32. The summed E-state index contributed by atoms with van der Waals surface area (Å²) in [5.74, 6) is 0.624. The van der Waals surface area contributed by atoms with Crippen LogP contribution in [0.5, 0.6) is 0 Å². The molecule has 47 heavy (non-hydrogen) atoms. The molecule has 0 atom stereocenters. The molecule has 0 spiro atoms. The van der Waals surface area contributed by atoms with Crippen molar-refractivity contribution in [3.05, 3.63) is 169 Å². The average molecular weight is 605 g/mol. The van der Waals surface area contributed by atoms with Crippen LogP contribution < -0.4 is 4.90 Å². The van der Waals surface area contributed by atoms with Crippen molar-refractivity contribution in [1.82, 2.24) is 4.98 Å². The van der Waals surface area contributed by atoms with Gasteiger partial charge in [0, 0.05) is 27.7 Å². The highest BCUT2D eigenvalue weighted by Crippen LogP contribution is 2.52. The van der Waals surface area contributed by atoms with Gasteiger partial charge in [0.15, 0.2) is 5.58 Å². The number of para-hydroxylation sites is 1. The lowest BCUT2D eigenvalue weighted by Crippen LogP contribution is -2.14. The van der Waals surface area contributed by atoms with Crippen molar-refractivity contribution in [1.29, 1.82) is 0 Å². The zero-order chi connectivity index (χ0) is 31.5. The van der Waals surface area contributed by atoms with Crippen LogP contribution in [0.4, 0.5) is 17.1 Å². The highest BCUT2D eigenvalue weighted by molar-refractivity contribution is 6.12. The average Bonchev–Trinajstić information content (AvgIpc) is 3.67. The molecular formula is C44H32N2O. The Hall–Kier alpha value is -5.93. The summed E-state index contributed by atoms with van der Waals surface area (Å²) in [5, 5.41) is 2.17. The number of rotatable bonds is 5. The van der Waals surface area contributed by atoms with Gasteiger partial charge < -0.3 is 9.32 Å². The third-order valence-electron chi connectivity index (χ3n) is 9.70. The molecule has 0 fully saturated rings. The molecule has 8 aromatic rings. The first-order valence-electron chi connectivity index (χ1n) is 16.1. The van der Waals surface area contributed by atoms with E-state index >= 15 is 0 Å². The van der Waals surface area contributed by atoms with E-state index in [2.05, 4.69) is 140 Å². The Morgan fingerprint density at radius 2 is 1.19 bits per heavy atom. The number of hydrogen-bond donors (Lipinski definition) is 0. The Balaban J connectivity index is 1.21. The van der Waals surface area contributed by atoms with Crippen LogP contribution in [0.25, 0.3) is 55.6 Å². The molecule has 0 unspecified atom stereocenters. The molecule has 0 amide bonds. The van der Waals surface area contributed by atoms with Gasteiger partial charge in [-0.3, -0.25) is 0 Å². The van der Waals surface area contributed by atoms with Gasteiger partial charge in [-0.1, -0.05) is 123 Å². The van der Waals surface area contributed by atoms with E-state index in [0.29, 0.717) is 5.89 Å². The van der Waals surface area contributed by atoms with E-state index in [-0.39, 0.29) is 5.41 Å². The minimum Gasteiger partial charge on any atom is -0.436 e. The van der Waals surface area contributed by atoms with E-state index in [1.54, 1.807) is 0 Å². The summed E-state index contributed by atoms with van der Waals surface area (Å²) in [5.41, 5.74) is 13.7. The summed E-state index contributed by atoms with van der Waals surface area (Å²) in [6.07, 6.45) is 0. The number of nitrogens with zero attached hydrogens (tertiary/aromatic N) is 2. The van der Waals surface area contributed by atoms with E-state index in [1.165, 1.54) is 33.4 Å². The topological polar surface area (TPSA) is 29.3 Å². The van der Waals surface area contributed by atoms with Gasteiger partial charge >= 0.3 is 0 Å². The molecule has 0 aliphatic heterocycles. The lowest BCUT2D eigenvalue weighted by atomic mass is 9.82. The lowest BCUT2D eigenvalue weighted by Gasteiger charge is -2.27. The van der Waals surface area contributed by atoms with E-state index in [1.807, 2.05) is 36.4 Å². The fourth-order valence-electron chi connectivity index (χ4n) is 7.42. The van der Waals surface area contributed by atoms with E-state index < -0.39 is 0 Å². The molecule has 1 aliphatic carbocycles. The van der Waals surface area contributed by atoms with Crippen LogP contribution >= 0.6 is 0 Å². The zero-order valence-electron chi connectivity index (χ0n) is 26.3. The summed E-state index contributed by atoms with van der Waals surface area (Å²) in [6.45, 7) is 4.67. The highest BCUT2D eigenvalue weighted by Gasteiger charge is 2.36. The van der Waals surface area contributed by atoms with Crippen LogP contribution in [0, 0.1) is 0 Å². The number of fused-ring (bicyclic) bond motifs is 6. The normalized spacial score (nSPS) is 13.1. The van der Waals surface area contributed by atoms with Crippen molar-refractivity contribution in [2.45, 2.75) is 19.3 Å². The molecule has 0 radical (unpaired) electrons. The van der Waals surface area contributed by atoms with Gasteiger partial charge in [0.05, 0.1) is 5.69 Å². The molecule has 0 N–H and O–H groups in total. The first-order valence-corrected chi connectivity index (χ1v) is 16.1. The van der Waals surface area contributed by atoms with Crippen LogP contribution in [0.2, 0.25) is 0 Å². The Kier molecular flexibility index (Phi) is 6.16. The molecule has 0 bridgehead atoms. The summed E-state index contributed by atoms with van der Waals surface area (Å²) < 4.78 is 6.32. The standard InChI is InChI=1S/C44H32N2O/c1-44(2)36-20-10-9-18-35(36)41-34(19-12-21-37(41)44)29-23-26-33(27-24-29)46(32-16-7-4-8-17-32)38-22-11-15-30-25-28-39-42(40(30)38)45-43(47-39)31-13-5-3-6-14-31/h3-28H,1-2H3. The highest BCUT2D eigenvalue weighted by atomic mass is 16.3. The first-order chi connectivity index (χ1) is 23.1. The number of benzene rings is 7. The van der Waals surface area contributed by atoms with Crippen molar-refractivity contribution in [2.24, 2.45) is 0 Å². The molecule has 1 aromatic heterocycles. The van der Waals surface area contributed by atoms with Crippen molar-refractivity contribution in [2.75, 3.05) is 4.90 Å². The van der Waals surface area contributed by atoms with Crippen molar-refractivity contribution >= 4 is 38.9 Å². The molecule has 3 nitrogen and oxygen atoms in total. The maximum absolute atomic E-state index is 6.32. The summed E-state index contributed by atoms with van der Waals surface area (Å²) in [7, 11) is 0. The van der Waals surface area contributed by atoms with E-state index in [0.717, 1.165) is 44.5 Å². The van der Waals surface area contributed by atoms with Gasteiger partial charge in [-0.25, -0.2) is 4.98 Å². The minimum absolute atomic E-state index is 0.0345. The summed E-state index contributed by atoms with van der Waals surface area (Å²) in [6, 6.07) is 55.9. The van der Waals surface area contributed by atoms with Crippen molar-refractivity contribution in [3.8, 4) is 33.7 Å². The molecule has 7 aromatic carbocycles. The van der Waals surface area contributed by atoms with Crippen LogP contribution in [-0.2, 0) is 5.41 Å². The van der Waals surface area contributed by atoms with Crippen LogP contribution in [-0.4, -0.2) is 4.98 Å². The number of anilines is 3. The van der Waals surface area contributed by atoms with Gasteiger partial charge in [0.2, 0.25) is 5.89 Å². The van der Waals surface area contributed by atoms with Crippen molar-refractivity contribution < 1.29 is 4.42 Å². The quantitative estimate of drug-likeness (QED) is 0.196. The molecule has 1 aliphatic rings. The third-order valence-corrected chi connectivity index (χ3v) is 9.70. The van der Waals surface area contributed by atoms with Crippen LogP contribution in [0.3, 0.4) is 0 Å². The molecule has 1 heterocycles. The molecule has 224 valence electrons. The molecule has 3 heteroatoms. The van der Waals surface area contributed by atoms with Crippen LogP contribution in [0.15, 0.2) is 162 Å². The predicted molar refractivity (Wildman–Crippen MR) is 195 cm³/mol. The Morgan fingerprint density at radius 1 is 0.532 bits per heavy atom. The Morgan fingerprint density at radius 3 is 2.00 bits per heavy atom. The second-order valence-corrected chi connectivity index (χ2v) is 12.8. The van der Waals surface area contributed by atoms with E-state index in [9.17, 15) is 0 Å². The number of oxazole rings is 1. The van der Waals surface area contributed by atoms with Gasteiger partial charge in [0.25, 0.3) is 0 Å². The third kappa shape index (κ3) is 4.31. The second-order valence-electron chi connectivity index (χ2n) is 12.8. The van der Waals surface area contributed by atoms with E-state index in [4.69, 9.17) is 9.40 Å². The van der Waals surface area contributed by atoms with Crippen LogP contribution in [0.1, 0.15) is 25.0 Å². The Bertz CT molecular complexity index is 2420. The largest absolute Gasteiger partial charge is 0.436 e. The minimum atomic E-state index is -0.0345. The zero-order valence-corrected chi connectivity index (χ0v) is 26.3. The second kappa shape index (κ2) is 10.6. The predicted octanol–water partition coefficient (Wildman–Crippen LogP) is 12.1. The van der Waals surface area contributed by atoms with Crippen molar-refractivity contribution in [3.63, 3.8) is 0 Å². The van der Waals surface area contributed by atoms with Gasteiger partial charge in [0.1, 0.15) is 5.52 Å². The number of aromatic nitrogens is 1. The number of hydrogen-bond acceptors (Lipinski definition) is 3. The molecule has 9 rings (SSSR count). The Labute approximate surface area is 274 Å². The monoisotopic (exact) mass is 604 g/mol. The fraction of sp³-hybridized carbons (Fsp3) is 0.0682. The summed E-state index contributed by atoms with van der Waals surface area (Å²) >= 11 is 0. The van der Waals surface area contributed by atoms with Gasteiger partial charge in [-0.15, -0.1) is 0 Å².